The van der Waals surface area contributed by atoms with E-state index in [1.54, 1.807) is 29.2 Å². The summed E-state index contributed by atoms with van der Waals surface area (Å²) in [6, 6.07) is 17.9. The van der Waals surface area contributed by atoms with E-state index in [4.69, 9.17) is 10.1 Å². The molecule has 26 heavy (non-hydrogen) atoms. The number of rotatable bonds is 4. The van der Waals surface area contributed by atoms with Crippen LogP contribution in [-0.4, -0.2) is 29.9 Å². The van der Waals surface area contributed by atoms with Gasteiger partial charge in [-0.05, 0) is 35.7 Å². The van der Waals surface area contributed by atoms with Crippen molar-refractivity contribution < 1.29 is 9.90 Å². The van der Waals surface area contributed by atoms with Gasteiger partial charge in [-0.2, -0.15) is 0 Å². The number of hydrogen-bond acceptors (Lipinski definition) is 5. The third kappa shape index (κ3) is 3.31. The van der Waals surface area contributed by atoms with E-state index in [9.17, 15) is 4.79 Å². The first kappa shape index (κ1) is 17.0. The molecule has 0 bridgehead atoms. The van der Waals surface area contributed by atoms with Crippen molar-refractivity contribution in [3.63, 3.8) is 0 Å². The lowest BCUT2D eigenvalue weighted by atomic mass is 10.1. The van der Waals surface area contributed by atoms with Crippen molar-refractivity contribution in [1.29, 1.82) is 0 Å². The molecule has 0 saturated heterocycles. The van der Waals surface area contributed by atoms with E-state index in [0.717, 1.165) is 31.6 Å². The first-order chi connectivity index (χ1) is 12.8. The van der Waals surface area contributed by atoms with E-state index in [0.29, 0.717) is 5.56 Å². The number of carbonyl (C=O) groups excluding carboxylic acids is 1. The van der Waals surface area contributed by atoms with Crippen molar-refractivity contribution in [2.75, 3.05) is 13.2 Å². The maximum absolute atomic E-state index is 12.2. The topological polar surface area (TPSA) is 61.7 Å². The molecule has 0 saturated carbocycles. The summed E-state index contributed by atoms with van der Waals surface area (Å²) in [5.74, 6) is -0.207. The molecule has 0 fully saturated rings. The predicted octanol–water partition coefficient (Wildman–Crippen LogP) is 4.10. The molecule has 0 atom stereocenters. The summed E-state index contributed by atoms with van der Waals surface area (Å²) in [5.41, 5.74) is 3.35. The van der Waals surface area contributed by atoms with Crippen LogP contribution in [0.2, 0.25) is 0 Å². The minimum Gasteiger partial charge on any atom is -0.395 e. The Labute approximate surface area is 159 Å². The Balaban J connectivity index is 1.82. The van der Waals surface area contributed by atoms with Gasteiger partial charge in [-0.25, -0.2) is 4.99 Å². The van der Waals surface area contributed by atoms with Gasteiger partial charge in [0.25, 0.3) is 5.91 Å². The van der Waals surface area contributed by atoms with Crippen molar-refractivity contribution in [2.24, 2.45) is 4.99 Å². The average molecular weight is 380 g/mol. The maximum Gasteiger partial charge on any atom is 0.251 e. The van der Waals surface area contributed by atoms with Crippen molar-refractivity contribution in [2.45, 2.75) is 9.79 Å². The van der Waals surface area contributed by atoms with Gasteiger partial charge in [-0.3, -0.25) is 4.79 Å². The molecule has 6 heteroatoms. The van der Waals surface area contributed by atoms with Gasteiger partial charge in [0.2, 0.25) is 0 Å². The molecular weight excluding hydrogens is 364 g/mol. The van der Waals surface area contributed by atoms with Crippen LogP contribution >= 0.6 is 23.1 Å². The number of hydrogen-bond donors (Lipinski definition) is 2. The minimum atomic E-state index is -0.207. The molecule has 0 spiro atoms. The monoisotopic (exact) mass is 380 g/mol. The lowest BCUT2D eigenvalue weighted by Crippen LogP contribution is -2.26. The Kier molecular flexibility index (Phi) is 4.88. The Morgan fingerprint density at radius 3 is 2.77 bits per heavy atom. The first-order valence-electron chi connectivity index (χ1n) is 8.19. The van der Waals surface area contributed by atoms with Crippen LogP contribution in [0.1, 0.15) is 20.8 Å². The first-order valence-corrected chi connectivity index (χ1v) is 9.89. The van der Waals surface area contributed by atoms with Crippen LogP contribution in [0.3, 0.4) is 0 Å². The number of aliphatic imine (C=N–C) groups is 1. The molecule has 0 radical (unpaired) electrons. The Morgan fingerprint density at radius 1 is 1.08 bits per heavy atom. The highest BCUT2D eigenvalue weighted by Gasteiger charge is 2.20. The molecule has 0 unspecified atom stereocenters. The standard InChI is InChI=1S/C20H16N2O2S2/c23-10-9-21-20(24)13-7-8-17-15(12-13)22-19(18-6-3-11-25-18)14-4-1-2-5-16(14)26-17/h1-8,11-12,23H,9-10H2,(H,21,24). The van der Waals surface area contributed by atoms with E-state index < -0.39 is 0 Å². The zero-order chi connectivity index (χ0) is 17.9. The van der Waals surface area contributed by atoms with Crippen LogP contribution in [0.15, 0.2) is 74.8 Å². The molecule has 1 aliphatic heterocycles. The lowest BCUT2D eigenvalue weighted by molar-refractivity contribution is 0.0944. The molecule has 1 aliphatic rings. The van der Waals surface area contributed by atoms with E-state index in [-0.39, 0.29) is 19.1 Å². The third-order valence-electron chi connectivity index (χ3n) is 3.97. The second kappa shape index (κ2) is 7.45. The molecule has 130 valence electrons. The van der Waals surface area contributed by atoms with Crippen LogP contribution in [0.4, 0.5) is 5.69 Å². The molecule has 1 amide bonds. The summed E-state index contributed by atoms with van der Waals surface area (Å²) in [4.78, 5) is 20.4. The van der Waals surface area contributed by atoms with E-state index in [1.165, 1.54) is 0 Å². The van der Waals surface area contributed by atoms with Crippen molar-refractivity contribution >= 4 is 40.4 Å². The number of thiophene rings is 1. The van der Waals surface area contributed by atoms with Gasteiger partial charge in [0.05, 0.1) is 22.9 Å². The largest absolute Gasteiger partial charge is 0.395 e. The van der Waals surface area contributed by atoms with E-state index in [1.807, 2.05) is 35.7 Å². The van der Waals surface area contributed by atoms with Gasteiger partial charge in [0, 0.05) is 27.5 Å². The highest BCUT2D eigenvalue weighted by molar-refractivity contribution is 7.99. The van der Waals surface area contributed by atoms with Gasteiger partial charge in [0.1, 0.15) is 0 Å². The molecule has 0 aliphatic carbocycles. The second-order valence-corrected chi connectivity index (χ2v) is 7.73. The third-order valence-corrected chi connectivity index (χ3v) is 5.99. The zero-order valence-corrected chi connectivity index (χ0v) is 15.4. The van der Waals surface area contributed by atoms with Crippen LogP contribution in [0.25, 0.3) is 0 Å². The highest BCUT2D eigenvalue weighted by Crippen LogP contribution is 2.41. The molecule has 1 aromatic heterocycles. The number of fused-ring (bicyclic) bond motifs is 2. The van der Waals surface area contributed by atoms with Gasteiger partial charge in [-0.1, -0.05) is 36.0 Å². The summed E-state index contributed by atoms with van der Waals surface area (Å²) in [7, 11) is 0. The van der Waals surface area contributed by atoms with Crippen LogP contribution in [-0.2, 0) is 0 Å². The molecule has 2 heterocycles. The second-order valence-electron chi connectivity index (χ2n) is 5.70. The lowest BCUT2D eigenvalue weighted by Gasteiger charge is -2.07. The number of carbonyl (C=O) groups is 1. The summed E-state index contributed by atoms with van der Waals surface area (Å²) < 4.78 is 0. The summed E-state index contributed by atoms with van der Waals surface area (Å²) in [6.45, 7) is 0.155. The number of aliphatic hydroxyl groups excluding tert-OH is 1. The Bertz CT molecular complexity index is 981. The number of aliphatic hydroxyl groups is 1. The minimum absolute atomic E-state index is 0.0808. The molecular formula is C20H16N2O2S2. The molecule has 3 aromatic rings. The number of nitrogens with one attached hydrogen (secondary N) is 1. The van der Waals surface area contributed by atoms with Gasteiger partial charge < -0.3 is 10.4 Å². The quantitative estimate of drug-likeness (QED) is 0.560. The fraction of sp³-hybridized carbons (Fsp3) is 0.100. The zero-order valence-electron chi connectivity index (χ0n) is 13.8. The van der Waals surface area contributed by atoms with Crippen LogP contribution < -0.4 is 5.32 Å². The number of amides is 1. The van der Waals surface area contributed by atoms with Gasteiger partial charge >= 0.3 is 0 Å². The normalized spacial score (nSPS) is 12.6. The van der Waals surface area contributed by atoms with Crippen LogP contribution in [0, 0.1) is 0 Å². The van der Waals surface area contributed by atoms with E-state index >= 15 is 0 Å². The van der Waals surface area contributed by atoms with Crippen molar-refractivity contribution in [3.8, 4) is 0 Å². The van der Waals surface area contributed by atoms with Gasteiger partial charge in [0.15, 0.2) is 0 Å². The SMILES string of the molecule is O=C(NCCO)c1ccc2c(c1)N=C(c1cccs1)c1ccccc1S2. The number of nitrogens with zero attached hydrogens (tertiary/aromatic N) is 1. The Hall–Kier alpha value is -2.41. The number of benzene rings is 2. The molecule has 4 rings (SSSR count). The predicted molar refractivity (Wildman–Crippen MR) is 106 cm³/mol. The highest BCUT2D eigenvalue weighted by atomic mass is 32.2. The van der Waals surface area contributed by atoms with Gasteiger partial charge in [-0.15, -0.1) is 11.3 Å². The van der Waals surface area contributed by atoms with Crippen LogP contribution in [0.5, 0.6) is 0 Å². The maximum atomic E-state index is 12.2. The smallest absolute Gasteiger partial charge is 0.251 e. The molecule has 2 N–H and O–H groups in total. The summed E-state index contributed by atoms with van der Waals surface area (Å²) >= 11 is 3.31. The molecule has 4 nitrogen and oxygen atoms in total. The van der Waals surface area contributed by atoms with Crippen molar-refractivity contribution in [3.05, 3.63) is 76.0 Å². The van der Waals surface area contributed by atoms with E-state index in [2.05, 4.69) is 23.5 Å². The fourth-order valence-corrected chi connectivity index (χ4v) is 4.49. The van der Waals surface area contributed by atoms with Crippen molar-refractivity contribution in [1.82, 2.24) is 5.32 Å². The fourth-order valence-electron chi connectivity index (χ4n) is 2.76. The summed E-state index contributed by atoms with van der Waals surface area (Å²) in [6.07, 6.45) is 0. The average Bonchev–Trinajstić information content (AvgIpc) is 3.14. The Morgan fingerprint density at radius 2 is 1.96 bits per heavy atom. The molecule has 2 aromatic carbocycles. The summed E-state index contributed by atoms with van der Waals surface area (Å²) in [5, 5.41) is 13.6.